The SMILES string of the molecule is COCc1cc(O)cc2cc(-c3ccc(O)cc3)oc12. The third kappa shape index (κ3) is 2.21. The van der Waals surface area contributed by atoms with Gasteiger partial charge in [-0.1, -0.05) is 0 Å². The number of methoxy groups -OCH3 is 1. The molecule has 2 N–H and O–H groups in total. The van der Waals surface area contributed by atoms with Gasteiger partial charge in [0, 0.05) is 23.6 Å². The molecule has 20 heavy (non-hydrogen) atoms. The lowest BCUT2D eigenvalue weighted by molar-refractivity contribution is 0.185. The third-order valence-electron chi connectivity index (χ3n) is 3.13. The van der Waals surface area contributed by atoms with Gasteiger partial charge in [0.25, 0.3) is 0 Å². The van der Waals surface area contributed by atoms with Gasteiger partial charge in [0.05, 0.1) is 6.61 Å². The Morgan fingerprint density at radius 1 is 1.00 bits per heavy atom. The van der Waals surface area contributed by atoms with Crippen LogP contribution in [0.25, 0.3) is 22.3 Å². The zero-order valence-corrected chi connectivity index (χ0v) is 11.0. The van der Waals surface area contributed by atoms with Crippen molar-refractivity contribution < 1.29 is 19.4 Å². The molecule has 0 saturated carbocycles. The van der Waals surface area contributed by atoms with Crippen LogP contribution in [0.2, 0.25) is 0 Å². The van der Waals surface area contributed by atoms with Gasteiger partial charge in [-0.15, -0.1) is 0 Å². The Balaban J connectivity index is 2.14. The van der Waals surface area contributed by atoms with Crippen molar-refractivity contribution in [2.75, 3.05) is 7.11 Å². The van der Waals surface area contributed by atoms with Gasteiger partial charge in [0.15, 0.2) is 0 Å². The Hall–Kier alpha value is -2.46. The number of benzene rings is 2. The standard InChI is InChI=1S/C16H14O4/c1-19-9-12-7-14(18)6-11-8-15(20-16(11)12)10-2-4-13(17)5-3-10/h2-8,17-18H,9H2,1H3. The summed E-state index contributed by atoms with van der Waals surface area (Å²) in [5.41, 5.74) is 2.36. The van der Waals surface area contributed by atoms with Crippen LogP contribution in [0.4, 0.5) is 0 Å². The Morgan fingerprint density at radius 2 is 1.75 bits per heavy atom. The van der Waals surface area contributed by atoms with Gasteiger partial charge in [-0.2, -0.15) is 0 Å². The van der Waals surface area contributed by atoms with Crippen molar-refractivity contribution in [1.82, 2.24) is 0 Å². The smallest absolute Gasteiger partial charge is 0.140 e. The molecule has 3 rings (SSSR count). The van der Waals surface area contributed by atoms with Crippen molar-refractivity contribution in [3.8, 4) is 22.8 Å². The fourth-order valence-corrected chi connectivity index (χ4v) is 2.24. The summed E-state index contributed by atoms with van der Waals surface area (Å²) in [5.74, 6) is 1.08. The van der Waals surface area contributed by atoms with Gasteiger partial charge in [-0.05, 0) is 42.5 Å². The summed E-state index contributed by atoms with van der Waals surface area (Å²) < 4.78 is 11.0. The molecule has 0 saturated heterocycles. The van der Waals surface area contributed by atoms with E-state index in [-0.39, 0.29) is 11.5 Å². The Bertz CT molecular complexity index is 741. The Labute approximate surface area is 115 Å². The maximum absolute atomic E-state index is 9.72. The largest absolute Gasteiger partial charge is 0.508 e. The number of hydrogen-bond acceptors (Lipinski definition) is 4. The average Bonchev–Trinajstić information content (AvgIpc) is 2.83. The molecule has 4 nitrogen and oxygen atoms in total. The molecule has 0 spiro atoms. The minimum Gasteiger partial charge on any atom is -0.508 e. The molecular formula is C16H14O4. The second-order valence-electron chi connectivity index (χ2n) is 4.61. The van der Waals surface area contributed by atoms with Crippen molar-refractivity contribution in [1.29, 1.82) is 0 Å². The van der Waals surface area contributed by atoms with Crippen LogP contribution < -0.4 is 0 Å². The lowest BCUT2D eigenvalue weighted by Crippen LogP contribution is -1.87. The molecule has 0 unspecified atom stereocenters. The van der Waals surface area contributed by atoms with Crippen LogP contribution >= 0.6 is 0 Å². The molecule has 0 atom stereocenters. The van der Waals surface area contributed by atoms with E-state index in [0.717, 1.165) is 16.5 Å². The molecule has 0 aliphatic heterocycles. The first kappa shape index (κ1) is 12.6. The highest BCUT2D eigenvalue weighted by Crippen LogP contribution is 2.33. The molecule has 0 radical (unpaired) electrons. The van der Waals surface area contributed by atoms with Crippen LogP contribution in [-0.2, 0) is 11.3 Å². The lowest BCUT2D eigenvalue weighted by atomic mass is 10.1. The number of phenolic OH excluding ortho intramolecular Hbond substituents is 2. The van der Waals surface area contributed by atoms with Crippen LogP contribution in [0, 0.1) is 0 Å². The molecule has 0 aliphatic carbocycles. The maximum atomic E-state index is 9.72. The van der Waals surface area contributed by atoms with E-state index in [1.165, 1.54) is 0 Å². The van der Waals surface area contributed by atoms with E-state index >= 15 is 0 Å². The summed E-state index contributed by atoms with van der Waals surface area (Å²) >= 11 is 0. The first-order valence-corrected chi connectivity index (χ1v) is 6.21. The summed E-state index contributed by atoms with van der Waals surface area (Å²) in [6, 6.07) is 11.9. The Kier molecular flexibility index (Phi) is 3.08. The molecule has 102 valence electrons. The molecule has 1 aromatic heterocycles. The normalized spacial score (nSPS) is 11.1. The van der Waals surface area contributed by atoms with Crippen LogP contribution in [0.15, 0.2) is 46.9 Å². The van der Waals surface area contributed by atoms with Crippen LogP contribution in [0.1, 0.15) is 5.56 Å². The number of hydrogen-bond donors (Lipinski definition) is 2. The summed E-state index contributed by atoms with van der Waals surface area (Å²) in [6.45, 7) is 0.368. The number of fused-ring (bicyclic) bond motifs is 1. The van der Waals surface area contributed by atoms with Crippen molar-refractivity contribution in [3.63, 3.8) is 0 Å². The number of aromatic hydroxyl groups is 2. The van der Waals surface area contributed by atoms with Gasteiger partial charge >= 0.3 is 0 Å². The lowest BCUT2D eigenvalue weighted by Gasteiger charge is -2.02. The average molecular weight is 270 g/mol. The zero-order chi connectivity index (χ0) is 14.1. The van der Waals surface area contributed by atoms with E-state index in [1.807, 2.05) is 6.07 Å². The minimum absolute atomic E-state index is 0.183. The highest BCUT2D eigenvalue weighted by Gasteiger charge is 2.11. The first-order valence-electron chi connectivity index (χ1n) is 6.21. The minimum atomic E-state index is 0.183. The van der Waals surface area contributed by atoms with E-state index < -0.39 is 0 Å². The van der Waals surface area contributed by atoms with E-state index in [2.05, 4.69) is 0 Å². The van der Waals surface area contributed by atoms with Crippen molar-refractivity contribution in [2.45, 2.75) is 6.61 Å². The quantitative estimate of drug-likeness (QED) is 0.762. The van der Waals surface area contributed by atoms with E-state index in [1.54, 1.807) is 43.5 Å². The number of furan rings is 1. The summed E-state index contributed by atoms with van der Waals surface area (Å²) in [6.07, 6.45) is 0. The number of phenols is 2. The molecule has 2 aromatic carbocycles. The second-order valence-corrected chi connectivity index (χ2v) is 4.61. The highest BCUT2D eigenvalue weighted by atomic mass is 16.5. The Morgan fingerprint density at radius 3 is 2.45 bits per heavy atom. The van der Waals surface area contributed by atoms with Gasteiger partial charge in [-0.3, -0.25) is 0 Å². The highest BCUT2D eigenvalue weighted by molar-refractivity contribution is 5.86. The van der Waals surface area contributed by atoms with Crippen molar-refractivity contribution in [3.05, 3.63) is 48.0 Å². The number of ether oxygens (including phenoxy) is 1. The van der Waals surface area contributed by atoms with Crippen molar-refractivity contribution in [2.24, 2.45) is 0 Å². The van der Waals surface area contributed by atoms with Gasteiger partial charge in [0.2, 0.25) is 0 Å². The van der Waals surface area contributed by atoms with Crippen LogP contribution in [-0.4, -0.2) is 17.3 Å². The molecule has 3 aromatic rings. The third-order valence-corrected chi connectivity index (χ3v) is 3.13. The van der Waals surface area contributed by atoms with Crippen LogP contribution in [0.5, 0.6) is 11.5 Å². The van der Waals surface area contributed by atoms with E-state index in [4.69, 9.17) is 9.15 Å². The predicted molar refractivity (Wildman–Crippen MR) is 75.7 cm³/mol. The molecular weight excluding hydrogens is 256 g/mol. The second kappa shape index (κ2) is 4.90. The van der Waals surface area contributed by atoms with Gasteiger partial charge in [0.1, 0.15) is 22.8 Å². The van der Waals surface area contributed by atoms with Crippen molar-refractivity contribution >= 4 is 11.0 Å². The molecule has 0 bridgehead atoms. The maximum Gasteiger partial charge on any atom is 0.140 e. The number of rotatable bonds is 3. The zero-order valence-electron chi connectivity index (χ0n) is 11.0. The summed E-state index contributed by atoms with van der Waals surface area (Å²) in [7, 11) is 1.60. The fraction of sp³-hybridized carbons (Fsp3) is 0.125. The summed E-state index contributed by atoms with van der Waals surface area (Å²) in [4.78, 5) is 0. The molecule has 4 heteroatoms. The van der Waals surface area contributed by atoms with Crippen LogP contribution in [0.3, 0.4) is 0 Å². The summed E-state index contributed by atoms with van der Waals surface area (Å²) in [5, 5.41) is 19.9. The van der Waals surface area contributed by atoms with Gasteiger partial charge < -0.3 is 19.4 Å². The monoisotopic (exact) mass is 270 g/mol. The first-order chi connectivity index (χ1) is 9.67. The molecule has 1 heterocycles. The molecule has 0 aliphatic rings. The van der Waals surface area contributed by atoms with Gasteiger partial charge in [-0.25, -0.2) is 0 Å². The topological polar surface area (TPSA) is 62.8 Å². The molecule has 0 amide bonds. The van der Waals surface area contributed by atoms with E-state index in [9.17, 15) is 10.2 Å². The van der Waals surface area contributed by atoms with E-state index in [0.29, 0.717) is 18.0 Å². The molecule has 0 fully saturated rings. The fourth-order valence-electron chi connectivity index (χ4n) is 2.24. The predicted octanol–water partition coefficient (Wildman–Crippen LogP) is 3.66.